The van der Waals surface area contributed by atoms with Gasteiger partial charge in [0.15, 0.2) is 0 Å². The van der Waals surface area contributed by atoms with Gasteiger partial charge in [0.05, 0.1) is 5.41 Å². The Balaban J connectivity index is 2.26. The first-order chi connectivity index (χ1) is 9.90. The first kappa shape index (κ1) is 14.1. The highest BCUT2D eigenvalue weighted by atomic mass is 16.1. The molecule has 0 saturated heterocycles. The molecule has 1 fully saturated rings. The van der Waals surface area contributed by atoms with E-state index in [0.717, 1.165) is 18.7 Å². The van der Waals surface area contributed by atoms with Crippen LogP contribution in [0.3, 0.4) is 0 Å². The molecule has 1 aromatic carbocycles. The highest BCUT2D eigenvalue weighted by molar-refractivity contribution is 5.90. The summed E-state index contributed by atoms with van der Waals surface area (Å²) in [6, 6.07) is 10.5. The van der Waals surface area contributed by atoms with E-state index in [0.29, 0.717) is 12.2 Å². The number of benzene rings is 1. The van der Waals surface area contributed by atoms with E-state index in [9.17, 15) is 4.79 Å². The summed E-state index contributed by atoms with van der Waals surface area (Å²) in [5.41, 5.74) is 2.99. The van der Waals surface area contributed by atoms with Crippen LogP contribution in [0, 0.1) is 5.41 Å². The molecule has 110 valence electrons. The number of carbonyl (C=O) groups is 1. The number of carbonyl (C=O) groups excluding carboxylic acids is 1. The molecule has 0 aromatic heterocycles. The van der Waals surface area contributed by atoms with Crippen molar-refractivity contribution in [2.75, 3.05) is 13.6 Å². The third kappa shape index (κ3) is 1.81. The van der Waals surface area contributed by atoms with Crippen LogP contribution in [0.2, 0.25) is 0 Å². The average Bonchev–Trinajstić information content (AvgIpc) is 2.48. The van der Waals surface area contributed by atoms with Crippen LogP contribution in [-0.4, -0.2) is 24.3 Å². The first-order valence-corrected chi connectivity index (χ1v) is 7.61. The first-order valence-electron chi connectivity index (χ1n) is 7.61. The summed E-state index contributed by atoms with van der Waals surface area (Å²) in [6.45, 7) is 9.36. The van der Waals surface area contributed by atoms with Gasteiger partial charge in [-0.05, 0) is 31.4 Å². The molecule has 1 saturated carbocycles. The molecule has 1 atom stereocenters. The summed E-state index contributed by atoms with van der Waals surface area (Å²) in [6.07, 6.45) is 3.69. The highest BCUT2D eigenvalue weighted by Gasteiger charge is 2.53. The fourth-order valence-electron chi connectivity index (χ4n) is 4.01. The van der Waals surface area contributed by atoms with Gasteiger partial charge in [0, 0.05) is 31.1 Å². The minimum atomic E-state index is -0.404. The fourth-order valence-corrected chi connectivity index (χ4v) is 4.01. The smallest absolute Gasteiger partial charge is 0.142 e. The van der Waals surface area contributed by atoms with Gasteiger partial charge in [-0.3, -0.25) is 4.79 Å². The minimum Gasteiger partial charge on any atom is -0.374 e. The molecule has 1 aliphatic carbocycles. The van der Waals surface area contributed by atoms with E-state index < -0.39 is 5.41 Å². The lowest BCUT2D eigenvalue weighted by Gasteiger charge is -2.53. The van der Waals surface area contributed by atoms with Crippen molar-refractivity contribution in [1.29, 1.82) is 0 Å². The van der Waals surface area contributed by atoms with Crippen LogP contribution in [0.15, 0.2) is 54.3 Å². The third-order valence-electron chi connectivity index (χ3n) is 5.35. The zero-order valence-corrected chi connectivity index (χ0v) is 13.1. The lowest BCUT2D eigenvalue weighted by molar-refractivity contribution is -0.127. The second-order valence-corrected chi connectivity index (χ2v) is 6.76. The molecule has 0 bridgehead atoms. The number of rotatable bonds is 1. The topological polar surface area (TPSA) is 20.3 Å². The molecule has 1 heterocycles. The molecule has 2 aliphatic rings. The molecule has 1 aromatic rings. The van der Waals surface area contributed by atoms with E-state index in [1.54, 1.807) is 0 Å². The number of nitrogens with zero attached hydrogens (tertiary/aromatic N) is 1. The zero-order valence-electron chi connectivity index (χ0n) is 13.1. The SMILES string of the molecule is C=C1N(C)CC=C2C(C)(C)C(=O)CCC12c1ccccc1. The van der Waals surface area contributed by atoms with Gasteiger partial charge in [0.25, 0.3) is 0 Å². The van der Waals surface area contributed by atoms with Crippen LogP contribution in [-0.2, 0) is 10.2 Å². The van der Waals surface area contributed by atoms with Crippen LogP contribution in [0.25, 0.3) is 0 Å². The molecular weight excluding hydrogens is 258 g/mol. The fraction of sp³-hybridized carbons (Fsp3) is 0.421. The molecule has 0 spiro atoms. The Labute approximate surface area is 127 Å². The van der Waals surface area contributed by atoms with Gasteiger partial charge in [0.1, 0.15) is 5.78 Å². The maximum absolute atomic E-state index is 12.4. The van der Waals surface area contributed by atoms with Gasteiger partial charge in [-0.25, -0.2) is 0 Å². The van der Waals surface area contributed by atoms with Crippen molar-refractivity contribution in [3.8, 4) is 0 Å². The molecule has 0 N–H and O–H groups in total. The molecule has 0 radical (unpaired) electrons. The van der Waals surface area contributed by atoms with Crippen LogP contribution < -0.4 is 0 Å². The lowest BCUT2D eigenvalue weighted by Crippen LogP contribution is -2.51. The van der Waals surface area contributed by atoms with Gasteiger partial charge >= 0.3 is 0 Å². The van der Waals surface area contributed by atoms with E-state index in [2.05, 4.69) is 62.7 Å². The summed E-state index contributed by atoms with van der Waals surface area (Å²) in [5.74, 6) is 0.345. The predicted octanol–water partition coefficient (Wildman–Crippen LogP) is 3.70. The second-order valence-electron chi connectivity index (χ2n) is 6.76. The van der Waals surface area contributed by atoms with Crippen molar-refractivity contribution in [3.05, 3.63) is 59.8 Å². The molecule has 21 heavy (non-hydrogen) atoms. The molecular formula is C19H23NO. The Bertz CT molecular complexity index is 626. The Morgan fingerprint density at radius 2 is 1.86 bits per heavy atom. The van der Waals surface area contributed by atoms with E-state index in [4.69, 9.17) is 0 Å². The van der Waals surface area contributed by atoms with Crippen molar-refractivity contribution >= 4 is 5.78 Å². The van der Waals surface area contributed by atoms with Gasteiger partial charge in [-0.15, -0.1) is 0 Å². The number of likely N-dealkylation sites (N-methyl/N-ethyl adjacent to an activating group) is 1. The van der Waals surface area contributed by atoms with Crippen LogP contribution in [0.5, 0.6) is 0 Å². The van der Waals surface area contributed by atoms with Crippen molar-refractivity contribution in [2.24, 2.45) is 5.41 Å². The number of hydrogen-bond donors (Lipinski definition) is 0. The van der Waals surface area contributed by atoms with E-state index in [1.165, 1.54) is 11.1 Å². The van der Waals surface area contributed by atoms with E-state index in [-0.39, 0.29) is 5.41 Å². The van der Waals surface area contributed by atoms with Crippen LogP contribution >= 0.6 is 0 Å². The lowest BCUT2D eigenvalue weighted by atomic mass is 9.54. The quantitative estimate of drug-likeness (QED) is 0.732. The average molecular weight is 281 g/mol. The number of allylic oxidation sites excluding steroid dienone is 1. The minimum absolute atomic E-state index is 0.217. The number of hydrogen-bond acceptors (Lipinski definition) is 2. The molecule has 1 unspecified atom stereocenters. The van der Waals surface area contributed by atoms with E-state index >= 15 is 0 Å². The Morgan fingerprint density at radius 3 is 2.52 bits per heavy atom. The molecule has 1 aliphatic heterocycles. The second kappa shape index (κ2) is 4.59. The van der Waals surface area contributed by atoms with Crippen LogP contribution in [0.4, 0.5) is 0 Å². The highest BCUT2D eigenvalue weighted by Crippen LogP contribution is 2.55. The zero-order chi connectivity index (χ0) is 15.3. The van der Waals surface area contributed by atoms with Crippen molar-refractivity contribution in [1.82, 2.24) is 4.90 Å². The van der Waals surface area contributed by atoms with Crippen molar-refractivity contribution in [3.63, 3.8) is 0 Å². The van der Waals surface area contributed by atoms with Crippen molar-refractivity contribution < 1.29 is 4.79 Å². The molecule has 0 amide bonds. The van der Waals surface area contributed by atoms with Gasteiger partial charge in [0.2, 0.25) is 0 Å². The van der Waals surface area contributed by atoms with Gasteiger partial charge in [-0.2, -0.15) is 0 Å². The Kier molecular flexibility index (Phi) is 3.09. The van der Waals surface area contributed by atoms with Crippen LogP contribution in [0.1, 0.15) is 32.3 Å². The standard InChI is InChI=1S/C19H23NO/c1-14-19(15-8-6-5-7-9-15)12-10-17(21)18(2,3)16(19)11-13-20(14)4/h5-9,11H,1,10,12-13H2,2-4H3. The Hall–Kier alpha value is -1.83. The summed E-state index contributed by atoms with van der Waals surface area (Å²) < 4.78 is 0. The van der Waals surface area contributed by atoms with Gasteiger partial charge in [-0.1, -0.05) is 43.0 Å². The number of fused-ring (bicyclic) bond motifs is 1. The summed E-state index contributed by atoms with van der Waals surface area (Å²) >= 11 is 0. The summed E-state index contributed by atoms with van der Waals surface area (Å²) in [4.78, 5) is 14.7. The predicted molar refractivity (Wildman–Crippen MR) is 86.0 cm³/mol. The monoisotopic (exact) mass is 281 g/mol. The third-order valence-corrected chi connectivity index (χ3v) is 5.35. The molecule has 3 rings (SSSR count). The maximum Gasteiger partial charge on any atom is 0.142 e. The number of Topliss-reactive ketones (excluding diaryl/α,β-unsaturated/α-hetero) is 1. The molecule has 2 nitrogen and oxygen atoms in total. The largest absolute Gasteiger partial charge is 0.374 e. The van der Waals surface area contributed by atoms with Gasteiger partial charge < -0.3 is 4.90 Å². The van der Waals surface area contributed by atoms with E-state index in [1.807, 2.05) is 6.07 Å². The summed E-state index contributed by atoms with van der Waals surface area (Å²) in [5, 5.41) is 0. The Morgan fingerprint density at radius 1 is 1.19 bits per heavy atom. The number of ketones is 1. The maximum atomic E-state index is 12.4. The van der Waals surface area contributed by atoms with Crippen molar-refractivity contribution in [2.45, 2.75) is 32.1 Å². The summed E-state index contributed by atoms with van der Waals surface area (Å²) in [7, 11) is 2.09. The molecule has 2 heteroatoms. The normalized spacial score (nSPS) is 28.1.